The average Bonchev–Trinajstić information content (AvgIpc) is 2.60. The van der Waals surface area contributed by atoms with Gasteiger partial charge < -0.3 is 15.5 Å². The summed E-state index contributed by atoms with van der Waals surface area (Å²) in [6.07, 6.45) is -1.51. The molecule has 0 saturated carbocycles. The van der Waals surface area contributed by atoms with E-state index in [1.807, 2.05) is 0 Å². The number of halogens is 3. The highest BCUT2D eigenvalue weighted by molar-refractivity contribution is 6.00. The molecule has 0 saturated heterocycles. The van der Waals surface area contributed by atoms with E-state index in [1.165, 1.54) is 12.4 Å². The van der Waals surface area contributed by atoms with E-state index in [4.69, 9.17) is 0 Å². The summed E-state index contributed by atoms with van der Waals surface area (Å²) < 4.78 is 38.5. The number of rotatable bonds is 4. The first-order valence-electron chi connectivity index (χ1n) is 8.48. The van der Waals surface area contributed by atoms with Crippen LogP contribution >= 0.6 is 0 Å². The lowest BCUT2D eigenvalue weighted by atomic mass is 10.00. The van der Waals surface area contributed by atoms with Crippen molar-refractivity contribution in [2.75, 3.05) is 5.32 Å². The van der Waals surface area contributed by atoms with Gasteiger partial charge in [-0.1, -0.05) is 0 Å². The first kappa shape index (κ1) is 19.8. The predicted octanol–water partition coefficient (Wildman–Crippen LogP) is 3.99. The van der Waals surface area contributed by atoms with Gasteiger partial charge in [0.1, 0.15) is 11.4 Å². The number of hydrogen-bond acceptors (Lipinski definition) is 6. The maximum atomic E-state index is 12.8. The summed E-state index contributed by atoms with van der Waals surface area (Å²) in [5.74, 6) is -0.180. The van der Waals surface area contributed by atoms with Crippen molar-refractivity contribution < 1.29 is 23.4 Å². The number of aromatic nitrogens is 3. The Bertz CT molecular complexity index is 1020. The Hall–Kier alpha value is -2.94. The van der Waals surface area contributed by atoms with Gasteiger partial charge >= 0.3 is 6.18 Å². The SMILES string of the molecule is C[C@@H](Nc1nnc(-c2ccc(C(F)(F)F)cc2O)c2ccncc12)C(C)(C)O. The van der Waals surface area contributed by atoms with Crippen molar-refractivity contribution in [3.8, 4) is 17.0 Å². The zero-order valence-corrected chi connectivity index (χ0v) is 15.4. The largest absolute Gasteiger partial charge is 0.507 e. The van der Waals surface area contributed by atoms with Crippen molar-refractivity contribution >= 4 is 16.6 Å². The molecule has 3 rings (SSSR count). The molecule has 0 radical (unpaired) electrons. The van der Waals surface area contributed by atoms with Crippen LogP contribution in [0, 0.1) is 0 Å². The van der Waals surface area contributed by atoms with Crippen LogP contribution in [0.4, 0.5) is 19.0 Å². The van der Waals surface area contributed by atoms with Crippen molar-refractivity contribution in [2.24, 2.45) is 0 Å². The summed E-state index contributed by atoms with van der Waals surface area (Å²) in [6.45, 7) is 5.07. The number of benzene rings is 1. The average molecular weight is 392 g/mol. The number of hydrogen-bond donors (Lipinski definition) is 3. The molecule has 0 aliphatic rings. The van der Waals surface area contributed by atoms with Crippen molar-refractivity contribution in [2.45, 2.75) is 38.6 Å². The lowest BCUT2D eigenvalue weighted by Gasteiger charge is -2.27. The topological polar surface area (TPSA) is 91.2 Å². The van der Waals surface area contributed by atoms with Crippen LogP contribution in [0.3, 0.4) is 0 Å². The lowest BCUT2D eigenvalue weighted by Crippen LogP contribution is -2.39. The van der Waals surface area contributed by atoms with Gasteiger partial charge in [0.05, 0.1) is 17.2 Å². The summed E-state index contributed by atoms with van der Waals surface area (Å²) in [6, 6.07) is 3.97. The number of aromatic hydroxyl groups is 1. The molecule has 0 bridgehead atoms. The van der Waals surface area contributed by atoms with Crippen LogP contribution in [-0.4, -0.2) is 37.0 Å². The number of alkyl halides is 3. The van der Waals surface area contributed by atoms with Gasteiger partial charge in [-0.2, -0.15) is 13.2 Å². The number of nitrogens with zero attached hydrogens (tertiary/aromatic N) is 3. The molecule has 0 spiro atoms. The van der Waals surface area contributed by atoms with Crippen LogP contribution in [0.1, 0.15) is 26.3 Å². The normalized spacial score (nSPS) is 13.5. The van der Waals surface area contributed by atoms with Crippen LogP contribution in [0.2, 0.25) is 0 Å². The Kier molecular flexibility index (Phi) is 4.88. The molecular weight excluding hydrogens is 373 g/mol. The monoisotopic (exact) mass is 392 g/mol. The van der Waals surface area contributed by atoms with Gasteiger partial charge in [0, 0.05) is 28.7 Å². The van der Waals surface area contributed by atoms with E-state index in [-0.39, 0.29) is 17.3 Å². The second kappa shape index (κ2) is 6.90. The number of nitrogens with one attached hydrogen (secondary N) is 1. The Morgan fingerprint density at radius 3 is 2.39 bits per heavy atom. The number of pyridine rings is 1. The quantitative estimate of drug-likeness (QED) is 0.622. The summed E-state index contributed by atoms with van der Waals surface area (Å²) in [5.41, 5.74) is -1.63. The molecule has 0 unspecified atom stereocenters. The molecule has 0 aliphatic heterocycles. The van der Waals surface area contributed by atoms with E-state index in [0.717, 1.165) is 12.1 Å². The smallest absolute Gasteiger partial charge is 0.416 e. The Morgan fingerprint density at radius 2 is 1.79 bits per heavy atom. The van der Waals surface area contributed by atoms with Crippen molar-refractivity contribution in [1.82, 2.24) is 15.2 Å². The highest BCUT2D eigenvalue weighted by Gasteiger charge is 2.31. The summed E-state index contributed by atoms with van der Waals surface area (Å²) in [4.78, 5) is 4.07. The second-order valence-corrected chi connectivity index (χ2v) is 7.07. The Balaban J connectivity index is 2.11. The minimum Gasteiger partial charge on any atom is -0.507 e. The van der Waals surface area contributed by atoms with Crippen LogP contribution in [-0.2, 0) is 6.18 Å². The molecule has 1 atom stereocenters. The molecule has 9 heteroatoms. The molecule has 2 aromatic heterocycles. The first-order valence-corrected chi connectivity index (χ1v) is 8.48. The molecule has 2 heterocycles. The van der Waals surface area contributed by atoms with Crippen molar-refractivity contribution in [3.63, 3.8) is 0 Å². The molecule has 0 aliphatic carbocycles. The van der Waals surface area contributed by atoms with Gasteiger partial charge in [-0.25, -0.2) is 0 Å². The second-order valence-electron chi connectivity index (χ2n) is 7.07. The fourth-order valence-electron chi connectivity index (χ4n) is 2.59. The number of anilines is 1. The molecule has 1 aromatic carbocycles. The molecular formula is C19H19F3N4O2. The van der Waals surface area contributed by atoms with Gasteiger partial charge in [-0.3, -0.25) is 4.98 Å². The molecule has 3 N–H and O–H groups in total. The zero-order chi connectivity index (χ0) is 20.7. The number of phenols is 1. The molecule has 3 aromatic rings. The van der Waals surface area contributed by atoms with Gasteiger partial charge in [0.2, 0.25) is 0 Å². The Labute approximate surface area is 159 Å². The third-order valence-electron chi connectivity index (χ3n) is 4.57. The maximum absolute atomic E-state index is 12.8. The highest BCUT2D eigenvalue weighted by Crippen LogP contribution is 2.38. The van der Waals surface area contributed by atoms with Crippen molar-refractivity contribution in [1.29, 1.82) is 0 Å². The van der Waals surface area contributed by atoms with Gasteiger partial charge in [0.25, 0.3) is 0 Å². The fraction of sp³-hybridized carbons (Fsp3) is 0.316. The zero-order valence-electron chi connectivity index (χ0n) is 15.4. The summed E-state index contributed by atoms with van der Waals surface area (Å²) in [5, 5.41) is 32.7. The molecule has 148 valence electrons. The van der Waals surface area contributed by atoms with E-state index in [1.54, 1.807) is 26.8 Å². The molecule has 28 heavy (non-hydrogen) atoms. The molecule has 0 fully saturated rings. The van der Waals surface area contributed by atoms with E-state index in [2.05, 4.69) is 20.5 Å². The predicted molar refractivity (Wildman–Crippen MR) is 98.8 cm³/mol. The van der Waals surface area contributed by atoms with Gasteiger partial charge in [-0.05, 0) is 45.0 Å². The third-order valence-corrected chi connectivity index (χ3v) is 4.57. The van der Waals surface area contributed by atoms with Crippen LogP contribution in [0.5, 0.6) is 5.75 Å². The fourth-order valence-corrected chi connectivity index (χ4v) is 2.59. The Morgan fingerprint density at radius 1 is 1.07 bits per heavy atom. The summed E-state index contributed by atoms with van der Waals surface area (Å²) >= 11 is 0. The molecule has 0 amide bonds. The van der Waals surface area contributed by atoms with E-state index >= 15 is 0 Å². The van der Waals surface area contributed by atoms with E-state index < -0.39 is 23.1 Å². The van der Waals surface area contributed by atoms with Gasteiger partial charge in [0.15, 0.2) is 5.82 Å². The summed E-state index contributed by atoms with van der Waals surface area (Å²) in [7, 11) is 0. The van der Waals surface area contributed by atoms with E-state index in [9.17, 15) is 23.4 Å². The number of aliphatic hydroxyl groups is 1. The number of phenolic OH excluding ortho intramolecular Hbond substituents is 1. The standard InChI is InChI=1S/C19H19F3N4O2/c1-10(18(2,3)28)24-17-14-9-23-7-6-12(14)16(25-26-17)13-5-4-11(8-15(13)27)19(20,21)22/h4-10,27-28H,1-3H3,(H,24,26)/t10-/m1/s1. The highest BCUT2D eigenvalue weighted by atomic mass is 19.4. The minimum absolute atomic E-state index is 0.124. The number of fused-ring (bicyclic) bond motifs is 1. The lowest BCUT2D eigenvalue weighted by molar-refractivity contribution is -0.137. The first-order chi connectivity index (χ1) is 13.0. The van der Waals surface area contributed by atoms with Crippen LogP contribution in [0.25, 0.3) is 22.0 Å². The van der Waals surface area contributed by atoms with Gasteiger partial charge in [-0.15, -0.1) is 10.2 Å². The molecule has 6 nitrogen and oxygen atoms in total. The minimum atomic E-state index is -4.56. The third kappa shape index (κ3) is 3.84. The van der Waals surface area contributed by atoms with E-state index in [0.29, 0.717) is 22.7 Å². The maximum Gasteiger partial charge on any atom is 0.416 e. The van der Waals surface area contributed by atoms with Crippen LogP contribution in [0.15, 0.2) is 36.7 Å². The van der Waals surface area contributed by atoms with Crippen LogP contribution < -0.4 is 5.32 Å². The van der Waals surface area contributed by atoms with Crippen molar-refractivity contribution in [3.05, 3.63) is 42.2 Å².